The molecule has 3 heteroatoms. The van der Waals surface area contributed by atoms with Crippen molar-refractivity contribution in [3.8, 4) is 0 Å². The van der Waals surface area contributed by atoms with Crippen molar-refractivity contribution in [2.24, 2.45) is 0 Å². The fourth-order valence-electron chi connectivity index (χ4n) is 1.74. The van der Waals surface area contributed by atoms with Gasteiger partial charge in [0.2, 0.25) is 0 Å². The van der Waals surface area contributed by atoms with E-state index in [1.54, 1.807) is 12.1 Å². The van der Waals surface area contributed by atoms with Gasteiger partial charge in [-0.3, -0.25) is 0 Å². The minimum atomic E-state index is -0.199. The zero-order valence-corrected chi connectivity index (χ0v) is 11.0. The molecule has 0 spiro atoms. The lowest BCUT2D eigenvalue weighted by Gasteiger charge is -2.09. The van der Waals surface area contributed by atoms with Crippen molar-refractivity contribution in [1.29, 1.82) is 0 Å². The molecule has 0 heterocycles. The standard InChI is InChI=1S/C15H15ClFN/c1-11-2-5-14(17)8-13(11)10-18-15-6-3-12(9-16)4-7-15/h2-8,18H,9-10H2,1H3. The van der Waals surface area contributed by atoms with E-state index in [1.807, 2.05) is 31.2 Å². The number of hydrogen-bond acceptors (Lipinski definition) is 1. The monoisotopic (exact) mass is 263 g/mol. The number of hydrogen-bond donors (Lipinski definition) is 1. The summed E-state index contributed by atoms with van der Waals surface area (Å²) in [5.74, 6) is 0.318. The predicted molar refractivity (Wildman–Crippen MR) is 74.5 cm³/mol. The highest BCUT2D eigenvalue weighted by atomic mass is 35.5. The average molecular weight is 264 g/mol. The summed E-state index contributed by atoms with van der Waals surface area (Å²) in [4.78, 5) is 0. The summed E-state index contributed by atoms with van der Waals surface area (Å²) >= 11 is 5.73. The van der Waals surface area contributed by atoms with E-state index in [0.717, 1.165) is 22.4 Å². The molecule has 0 saturated heterocycles. The molecule has 0 radical (unpaired) electrons. The molecule has 0 bridgehead atoms. The van der Waals surface area contributed by atoms with Crippen LogP contribution >= 0.6 is 11.6 Å². The van der Waals surface area contributed by atoms with E-state index in [4.69, 9.17) is 11.6 Å². The number of anilines is 1. The molecule has 0 saturated carbocycles. The van der Waals surface area contributed by atoms with E-state index in [-0.39, 0.29) is 5.82 Å². The first-order valence-electron chi connectivity index (χ1n) is 5.83. The first-order valence-corrected chi connectivity index (χ1v) is 6.36. The SMILES string of the molecule is Cc1ccc(F)cc1CNc1ccc(CCl)cc1. The molecule has 0 aliphatic rings. The Morgan fingerprint density at radius 3 is 2.50 bits per heavy atom. The van der Waals surface area contributed by atoms with Gasteiger partial charge in [-0.15, -0.1) is 11.6 Å². The van der Waals surface area contributed by atoms with Gasteiger partial charge < -0.3 is 5.32 Å². The van der Waals surface area contributed by atoms with Crippen molar-refractivity contribution in [2.75, 3.05) is 5.32 Å². The molecule has 0 aliphatic heterocycles. The lowest BCUT2D eigenvalue weighted by atomic mass is 10.1. The molecular formula is C15H15ClFN. The molecule has 2 aromatic rings. The van der Waals surface area contributed by atoms with Crippen LogP contribution in [0.15, 0.2) is 42.5 Å². The molecule has 0 aromatic heterocycles. The number of halogens is 2. The topological polar surface area (TPSA) is 12.0 Å². The van der Waals surface area contributed by atoms with E-state index >= 15 is 0 Å². The molecule has 0 aliphatic carbocycles. The van der Waals surface area contributed by atoms with Crippen LogP contribution in [0.25, 0.3) is 0 Å². The highest BCUT2D eigenvalue weighted by Gasteiger charge is 2.00. The summed E-state index contributed by atoms with van der Waals surface area (Å²) in [6.07, 6.45) is 0. The smallest absolute Gasteiger partial charge is 0.123 e. The number of aryl methyl sites for hydroxylation is 1. The molecular weight excluding hydrogens is 249 g/mol. The van der Waals surface area contributed by atoms with Gasteiger partial charge in [-0.1, -0.05) is 18.2 Å². The molecule has 18 heavy (non-hydrogen) atoms. The van der Waals surface area contributed by atoms with Gasteiger partial charge in [0.1, 0.15) is 5.82 Å². The lowest BCUT2D eigenvalue weighted by Crippen LogP contribution is -2.01. The molecule has 0 amide bonds. The summed E-state index contributed by atoms with van der Waals surface area (Å²) < 4.78 is 13.1. The van der Waals surface area contributed by atoms with Crippen LogP contribution in [-0.4, -0.2) is 0 Å². The average Bonchev–Trinajstić information content (AvgIpc) is 2.40. The summed E-state index contributed by atoms with van der Waals surface area (Å²) in [7, 11) is 0. The Kier molecular flexibility index (Phi) is 4.21. The molecule has 94 valence electrons. The Bertz CT molecular complexity index is 523. The van der Waals surface area contributed by atoms with Crippen molar-refractivity contribution < 1.29 is 4.39 Å². The van der Waals surface area contributed by atoms with Crippen molar-refractivity contribution in [1.82, 2.24) is 0 Å². The fourth-order valence-corrected chi connectivity index (χ4v) is 1.92. The van der Waals surface area contributed by atoms with Crippen molar-refractivity contribution in [3.63, 3.8) is 0 Å². The van der Waals surface area contributed by atoms with Gasteiger partial charge in [0.25, 0.3) is 0 Å². The number of alkyl halides is 1. The maximum Gasteiger partial charge on any atom is 0.123 e. The zero-order chi connectivity index (χ0) is 13.0. The first-order chi connectivity index (χ1) is 8.69. The highest BCUT2D eigenvalue weighted by molar-refractivity contribution is 6.17. The van der Waals surface area contributed by atoms with Crippen LogP contribution in [0.3, 0.4) is 0 Å². The normalized spacial score (nSPS) is 10.4. The molecule has 2 rings (SSSR count). The fraction of sp³-hybridized carbons (Fsp3) is 0.200. The van der Waals surface area contributed by atoms with Crippen LogP contribution in [0, 0.1) is 12.7 Å². The van der Waals surface area contributed by atoms with Crippen LogP contribution < -0.4 is 5.32 Å². The molecule has 2 aromatic carbocycles. The summed E-state index contributed by atoms with van der Waals surface area (Å²) in [5, 5.41) is 3.27. The Labute approximate surface area is 112 Å². The maximum atomic E-state index is 13.1. The van der Waals surface area contributed by atoms with Crippen LogP contribution in [0.2, 0.25) is 0 Å². The second-order valence-electron chi connectivity index (χ2n) is 4.25. The number of nitrogens with one attached hydrogen (secondary N) is 1. The van der Waals surface area contributed by atoms with E-state index < -0.39 is 0 Å². The van der Waals surface area contributed by atoms with E-state index in [2.05, 4.69) is 5.32 Å². The van der Waals surface area contributed by atoms with Crippen molar-refractivity contribution in [2.45, 2.75) is 19.3 Å². The Morgan fingerprint density at radius 1 is 1.11 bits per heavy atom. The van der Waals surface area contributed by atoms with E-state index in [1.165, 1.54) is 6.07 Å². The van der Waals surface area contributed by atoms with Gasteiger partial charge in [0.05, 0.1) is 0 Å². The molecule has 1 nitrogen and oxygen atoms in total. The minimum absolute atomic E-state index is 0.199. The van der Waals surface area contributed by atoms with Gasteiger partial charge in [0, 0.05) is 18.1 Å². The largest absolute Gasteiger partial charge is 0.381 e. The van der Waals surface area contributed by atoms with Gasteiger partial charge in [-0.05, 0) is 47.9 Å². The van der Waals surface area contributed by atoms with Crippen molar-refractivity contribution >= 4 is 17.3 Å². The Morgan fingerprint density at radius 2 is 1.83 bits per heavy atom. The maximum absolute atomic E-state index is 13.1. The van der Waals surface area contributed by atoms with E-state index in [9.17, 15) is 4.39 Å². The zero-order valence-electron chi connectivity index (χ0n) is 10.2. The number of rotatable bonds is 4. The molecule has 0 unspecified atom stereocenters. The quantitative estimate of drug-likeness (QED) is 0.802. The van der Waals surface area contributed by atoms with Crippen LogP contribution in [0.4, 0.5) is 10.1 Å². The van der Waals surface area contributed by atoms with Crippen LogP contribution in [0.1, 0.15) is 16.7 Å². The Balaban J connectivity index is 2.04. The molecule has 0 fully saturated rings. The van der Waals surface area contributed by atoms with Gasteiger partial charge in [-0.25, -0.2) is 4.39 Å². The van der Waals surface area contributed by atoms with Crippen LogP contribution in [-0.2, 0) is 12.4 Å². The molecule has 0 atom stereocenters. The summed E-state index contributed by atoms with van der Waals surface area (Å²) in [6.45, 7) is 2.59. The third-order valence-corrected chi connectivity index (χ3v) is 3.21. The van der Waals surface area contributed by atoms with Crippen molar-refractivity contribution in [3.05, 3.63) is 65.0 Å². The van der Waals surface area contributed by atoms with E-state index in [0.29, 0.717) is 12.4 Å². The van der Waals surface area contributed by atoms with Gasteiger partial charge in [0.15, 0.2) is 0 Å². The Hall–Kier alpha value is -1.54. The van der Waals surface area contributed by atoms with Gasteiger partial charge in [-0.2, -0.15) is 0 Å². The second kappa shape index (κ2) is 5.87. The lowest BCUT2D eigenvalue weighted by molar-refractivity contribution is 0.625. The first kappa shape index (κ1) is 12.9. The third-order valence-electron chi connectivity index (χ3n) is 2.90. The second-order valence-corrected chi connectivity index (χ2v) is 4.52. The highest BCUT2D eigenvalue weighted by Crippen LogP contribution is 2.15. The third kappa shape index (κ3) is 3.23. The summed E-state index contributed by atoms with van der Waals surface area (Å²) in [5.41, 5.74) is 4.15. The summed E-state index contributed by atoms with van der Waals surface area (Å²) in [6, 6.07) is 12.8. The van der Waals surface area contributed by atoms with Gasteiger partial charge >= 0.3 is 0 Å². The number of benzene rings is 2. The molecule has 1 N–H and O–H groups in total. The minimum Gasteiger partial charge on any atom is -0.381 e. The predicted octanol–water partition coefficient (Wildman–Crippen LogP) is 4.49. The van der Waals surface area contributed by atoms with Crippen LogP contribution in [0.5, 0.6) is 0 Å².